The van der Waals surface area contributed by atoms with Gasteiger partial charge in [-0.25, -0.2) is 0 Å². The van der Waals surface area contributed by atoms with Gasteiger partial charge in [0.05, 0.1) is 0 Å². The Bertz CT molecular complexity index is 317. The molecule has 1 heteroatoms. The molecule has 0 unspecified atom stereocenters. The van der Waals surface area contributed by atoms with Crippen molar-refractivity contribution in [3.05, 3.63) is 59.1 Å². The van der Waals surface area contributed by atoms with Crippen LogP contribution in [-0.2, 0) is 0 Å². The Morgan fingerprint density at radius 3 is 2.54 bits per heavy atom. The van der Waals surface area contributed by atoms with E-state index in [9.17, 15) is 0 Å². The van der Waals surface area contributed by atoms with E-state index in [1.165, 1.54) is 16.2 Å². The highest BCUT2D eigenvalue weighted by Crippen LogP contribution is 2.34. The summed E-state index contributed by atoms with van der Waals surface area (Å²) >= 11 is 1.92. The lowest BCUT2D eigenvalue weighted by Crippen LogP contribution is -1.63. The summed E-state index contributed by atoms with van der Waals surface area (Å²) in [6, 6.07) is 0. The van der Waals surface area contributed by atoms with Crippen LogP contribution in [0.3, 0.4) is 0 Å². The Morgan fingerprint density at radius 1 is 1.08 bits per heavy atom. The molecular formula is C12H12S. The Balaban J connectivity index is 0.000000113. The largest absolute Gasteiger partial charge is 0.121 e. The molecule has 1 heterocycles. The lowest BCUT2D eigenvalue weighted by atomic mass is 10.3. The van der Waals surface area contributed by atoms with E-state index in [2.05, 4.69) is 48.6 Å². The van der Waals surface area contributed by atoms with E-state index in [0.29, 0.717) is 0 Å². The Hall–Kier alpha value is -0.950. The molecule has 0 fully saturated rings. The van der Waals surface area contributed by atoms with Crippen LogP contribution in [0.15, 0.2) is 59.1 Å². The van der Waals surface area contributed by atoms with Gasteiger partial charge in [0.25, 0.3) is 0 Å². The molecule has 0 aromatic carbocycles. The molecule has 66 valence electrons. The fraction of sp³-hybridized carbons (Fsp3) is 0.167. The van der Waals surface area contributed by atoms with Crippen LogP contribution in [0.5, 0.6) is 0 Å². The molecule has 0 saturated heterocycles. The van der Waals surface area contributed by atoms with E-state index >= 15 is 0 Å². The molecule has 0 spiro atoms. The van der Waals surface area contributed by atoms with Gasteiger partial charge in [0.2, 0.25) is 0 Å². The van der Waals surface area contributed by atoms with Crippen LogP contribution < -0.4 is 0 Å². The van der Waals surface area contributed by atoms with Crippen LogP contribution in [0.4, 0.5) is 0 Å². The molecule has 0 saturated carbocycles. The summed E-state index contributed by atoms with van der Waals surface area (Å²) in [6.07, 6.45) is 18.2. The maximum absolute atomic E-state index is 2.26. The van der Waals surface area contributed by atoms with E-state index in [-0.39, 0.29) is 0 Å². The fourth-order valence-electron chi connectivity index (χ4n) is 1.33. The van der Waals surface area contributed by atoms with E-state index < -0.39 is 0 Å². The maximum Gasteiger partial charge on any atom is 0.0170 e. The third-order valence-electron chi connectivity index (χ3n) is 2.01. The van der Waals surface area contributed by atoms with Gasteiger partial charge in [-0.05, 0) is 18.1 Å². The van der Waals surface area contributed by atoms with E-state index in [4.69, 9.17) is 0 Å². The zero-order chi connectivity index (χ0) is 8.93. The van der Waals surface area contributed by atoms with Crippen LogP contribution in [-0.4, -0.2) is 5.75 Å². The fourth-order valence-corrected chi connectivity index (χ4v) is 2.27. The summed E-state index contributed by atoms with van der Waals surface area (Å²) in [5.41, 5.74) is 1.43. The third kappa shape index (κ3) is 2.25. The van der Waals surface area contributed by atoms with Crippen molar-refractivity contribution in [1.82, 2.24) is 0 Å². The highest BCUT2D eigenvalue weighted by Gasteiger charge is 2.10. The lowest BCUT2D eigenvalue weighted by Gasteiger charge is -1.87. The van der Waals surface area contributed by atoms with Crippen molar-refractivity contribution in [2.24, 2.45) is 0 Å². The number of fused-ring (bicyclic) bond motifs is 1. The molecule has 0 atom stereocenters. The van der Waals surface area contributed by atoms with Crippen molar-refractivity contribution in [3.8, 4) is 0 Å². The quantitative estimate of drug-likeness (QED) is 0.559. The van der Waals surface area contributed by atoms with Crippen molar-refractivity contribution < 1.29 is 0 Å². The Morgan fingerprint density at radius 2 is 1.92 bits per heavy atom. The summed E-state index contributed by atoms with van der Waals surface area (Å²) in [5.74, 6) is 1.17. The van der Waals surface area contributed by atoms with Gasteiger partial charge in [-0.1, -0.05) is 42.5 Å². The van der Waals surface area contributed by atoms with Crippen LogP contribution in [0, 0.1) is 0 Å². The minimum atomic E-state index is 1.14. The summed E-state index contributed by atoms with van der Waals surface area (Å²) in [5, 5.41) is 0. The van der Waals surface area contributed by atoms with Crippen LogP contribution in [0.2, 0.25) is 0 Å². The smallest absolute Gasteiger partial charge is 0.0170 e. The molecule has 0 radical (unpaired) electrons. The molecule has 0 bridgehead atoms. The molecule has 1 aliphatic heterocycles. The normalized spacial score (nSPS) is 20.9. The highest BCUT2D eigenvalue weighted by molar-refractivity contribution is 8.03. The van der Waals surface area contributed by atoms with E-state index in [0.717, 1.165) is 6.42 Å². The van der Waals surface area contributed by atoms with Gasteiger partial charge in [0.15, 0.2) is 0 Å². The predicted molar refractivity (Wildman–Crippen MR) is 60.7 cm³/mol. The molecule has 3 aliphatic rings. The van der Waals surface area contributed by atoms with Crippen LogP contribution in [0.1, 0.15) is 6.42 Å². The number of allylic oxidation sites excluding steroid dienone is 8. The van der Waals surface area contributed by atoms with E-state index in [1.807, 2.05) is 11.8 Å². The number of hydrogen-bond acceptors (Lipinski definition) is 1. The molecule has 0 nitrogen and oxygen atoms in total. The van der Waals surface area contributed by atoms with Crippen LogP contribution in [0.25, 0.3) is 0 Å². The zero-order valence-corrected chi connectivity index (χ0v) is 8.26. The molecular weight excluding hydrogens is 176 g/mol. The maximum atomic E-state index is 2.26. The van der Waals surface area contributed by atoms with Gasteiger partial charge >= 0.3 is 0 Å². The first kappa shape index (κ1) is 8.64. The molecule has 0 aromatic heterocycles. The molecule has 2 aliphatic carbocycles. The first-order chi connectivity index (χ1) is 6.47. The second kappa shape index (κ2) is 4.33. The van der Waals surface area contributed by atoms with Gasteiger partial charge in [-0.15, -0.1) is 11.8 Å². The van der Waals surface area contributed by atoms with Crippen molar-refractivity contribution in [2.75, 3.05) is 5.75 Å². The first-order valence-corrected chi connectivity index (χ1v) is 5.49. The number of thioether (sulfide) groups is 1. The Labute approximate surface area is 83.4 Å². The average molecular weight is 188 g/mol. The zero-order valence-electron chi connectivity index (χ0n) is 7.44. The van der Waals surface area contributed by atoms with Crippen LogP contribution >= 0.6 is 11.8 Å². The minimum absolute atomic E-state index is 1.14. The van der Waals surface area contributed by atoms with Crippen molar-refractivity contribution >= 4 is 11.8 Å². The van der Waals surface area contributed by atoms with Gasteiger partial charge in [0.1, 0.15) is 0 Å². The number of hydrogen-bond donors (Lipinski definition) is 0. The van der Waals surface area contributed by atoms with E-state index in [1.54, 1.807) is 0 Å². The monoisotopic (exact) mass is 188 g/mol. The standard InChI is InChI=1S/C7H6S.C5H6/c1-2-6-4-5-8-7(6)3-1;1-2-4-5-3-1/h1-4H,5H2;1-4H,5H2. The highest BCUT2D eigenvalue weighted by atomic mass is 32.2. The summed E-state index contributed by atoms with van der Waals surface area (Å²) in [4.78, 5) is 1.45. The van der Waals surface area contributed by atoms with Crippen molar-refractivity contribution in [2.45, 2.75) is 6.42 Å². The molecule has 13 heavy (non-hydrogen) atoms. The van der Waals surface area contributed by atoms with Gasteiger partial charge < -0.3 is 0 Å². The average Bonchev–Trinajstić information content (AvgIpc) is 2.84. The van der Waals surface area contributed by atoms with Gasteiger partial charge in [0, 0.05) is 10.7 Å². The minimum Gasteiger partial charge on any atom is -0.121 e. The summed E-state index contributed by atoms with van der Waals surface area (Å²) in [6.45, 7) is 0. The second-order valence-electron chi connectivity index (χ2n) is 2.95. The molecule has 0 N–H and O–H groups in total. The summed E-state index contributed by atoms with van der Waals surface area (Å²) in [7, 11) is 0. The summed E-state index contributed by atoms with van der Waals surface area (Å²) < 4.78 is 0. The molecule has 0 aromatic rings. The second-order valence-corrected chi connectivity index (χ2v) is 4.01. The Kier molecular flexibility index (Phi) is 2.88. The van der Waals surface area contributed by atoms with Gasteiger partial charge in [-0.3, -0.25) is 0 Å². The van der Waals surface area contributed by atoms with Crippen molar-refractivity contribution in [1.29, 1.82) is 0 Å². The van der Waals surface area contributed by atoms with Gasteiger partial charge in [-0.2, -0.15) is 0 Å². The first-order valence-electron chi connectivity index (χ1n) is 4.50. The molecule has 0 amide bonds. The predicted octanol–water partition coefficient (Wildman–Crippen LogP) is 3.62. The molecule has 3 rings (SSSR count). The lowest BCUT2D eigenvalue weighted by molar-refractivity contribution is 1.45. The SMILES string of the molecule is C1=CC2=CCSC2=C1.C1=CCC=C1. The number of rotatable bonds is 0. The van der Waals surface area contributed by atoms with Crippen molar-refractivity contribution in [3.63, 3.8) is 0 Å². The third-order valence-corrected chi connectivity index (χ3v) is 3.02. The topological polar surface area (TPSA) is 0 Å².